The third-order valence-electron chi connectivity index (χ3n) is 1.79. The zero-order valence-corrected chi connectivity index (χ0v) is 8.44. The molecular weight excluding hydrogens is 203 g/mol. The van der Waals surface area contributed by atoms with Crippen LogP contribution >= 0.6 is 7.80 Å². The smallest absolute Gasteiger partial charge is 0.423 e. The first-order valence-electron chi connectivity index (χ1n) is 3.94. The lowest BCUT2D eigenvalue weighted by Crippen LogP contribution is -2.33. The first-order valence-corrected chi connectivity index (χ1v) is 5.20. The molecule has 1 aromatic carbocycles. The molecule has 4 nitrogen and oxygen atoms in total. The molecule has 2 atom stereocenters. The summed E-state index contributed by atoms with van der Waals surface area (Å²) in [6.07, 6.45) is 0. The molecule has 0 aliphatic carbocycles. The summed E-state index contributed by atoms with van der Waals surface area (Å²) >= 11 is 0. The number of benzene rings is 1. The fourth-order valence-corrected chi connectivity index (χ4v) is 2.02. The van der Waals surface area contributed by atoms with Crippen LogP contribution in [0.2, 0.25) is 0 Å². The minimum Gasteiger partial charge on any atom is -0.476 e. The zero-order valence-electron chi connectivity index (χ0n) is 7.54. The van der Waals surface area contributed by atoms with Crippen LogP contribution in [0.25, 0.3) is 0 Å². The van der Waals surface area contributed by atoms with Gasteiger partial charge in [-0.3, -0.25) is 0 Å². The standard InChI is InChI=1S/C9H9O4P/c1-9(12,8(10)11)14(13)7-5-3-2-4-6-7/h2-6,12H,1H3/p+1. The Morgan fingerprint density at radius 2 is 1.86 bits per heavy atom. The normalized spacial score (nSPS) is 15.7. The predicted octanol–water partition coefficient (Wildman–Crippen LogP) is 0.932. The van der Waals surface area contributed by atoms with E-state index >= 15 is 0 Å². The lowest BCUT2D eigenvalue weighted by atomic mass is 10.4. The molecule has 0 bridgehead atoms. The minimum atomic E-state index is -2.35. The fourth-order valence-electron chi connectivity index (χ4n) is 0.902. The molecule has 14 heavy (non-hydrogen) atoms. The van der Waals surface area contributed by atoms with E-state index in [1.807, 2.05) is 0 Å². The maximum atomic E-state index is 11.6. The van der Waals surface area contributed by atoms with Gasteiger partial charge in [0, 0.05) is 6.92 Å². The number of aliphatic hydroxyl groups is 1. The number of rotatable bonds is 3. The Kier molecular flexibility index (Phi) is 2.99. The molecule has 0 amide bonds. The van der Waals surface area contributed by atoms with Crippen LogP contribution in [0.4, 0.5) is 0 Å². The molecule has 0 aliphatic rings. The van der Waals surface area contributed by atoms with Crippen molar-refractivity contribution in [2.75, 3.05) is 0 Å². The van der Waals surface area contributed by atoms with Crippen molar-refractivity contribution < 1.29 is 19.6 Å². The summed E-state index contributed by atoms with van der Waals surface area (Å²) in [6, 6.07) is 8.05. The molecule has 74 valence electrons. The van der Waals surface area contributed by atoms with Crippen LogP contribution in [0, 0.1) is 0 Å². The average molecular weight is 213 g/mol. The van der Waals surface area contributed by atoms with Crippen LogP contribution in [0.15, 0.2) is 30.3 Å². The van der Waals surface area contributed by atoms with Crippen molar-refractivity contribution in [1.29, 1.82) is 0 Å². The van der Waals surface area contributed by atoms with Gasteiger partial charge in [-0.1, -0.05) is 22.8 Å². The molecule has 0 saturated heterocycles. The van der Waals surface area contributed by atoms with E-state index in [4.69, 9.17) is 5.11 Å². The molecule has 2 unspecified atom stereocenters. The van der Waals surface area contributed by atoms with Gasteiger partial charge < -0.3 is 10.2 Å². The quantitative estimate of drug-likeness (QED) is 0.732. The first-order chi connectivity index (χ1) is 6.46. The van der Waals surface area contributed by atoms with Crippen LogP contribution in [-0.2, 0) is 9.36 Å². The molecule has 0 spiro atoms. The van der Waals surface area contributed by atoms with Gasteiger partial charge in [0.25, 0.3) is 0 Å². The van der Waals surface area contributed by atoms with Crippen molar-refractivity contribution in [3.8, 4) is 0 Å². The Hall–Kier alpha value is -1.25. The summed E-state index contributed by atoms with van der Waals surface area (Å²) in [6.45, 7) is 1.03. The molecule has 1 rings (SSSR count). The van der Waals surface area contributed by atoms with E-state index in [9.17, 15) is 14.5 Å². The summed E-state index contributed by atoms with van der Waals surface area (Å²) in [7, 11) is -2.35. The summed E-state index contributed by atoms with van der Waals surface area (Å²) in [5, 5.41) is 16.2. The van der Waals surface area contributed by atoms with E-state index in [1.54, 1.807) is 18.2 Å². The van der Waals surface area contributed by atoms with E-state index in [0.29, 0.717) is 5.30 Å². The highest BCUT2D eigenvalue weighted by Gasteiger charge is 2.51. The number of carboxylic acid groups (broad SMARTS) is 1. The lowest BCUT2D eigenvalue weighted by Gasteiger charge is -2.04. The van der Waals surface area contributed by atoms with Gasteiger partial charge in [-0.25, -0.2) is 4.79 Å². The highest BCUT2D eigenvalue weighted by molar-refractivity contribution is 7.56. The van der Waals surface area contributed by atoms with Gasteiger partial charge in [-0.15, -0.1) is 0 Å². The van der Waals surface area contributed by atoms with E-state index < -0.39 is 19.1 Å². The van der Waals surface area contributed by atoms with Crippen molar-refractivity contribution in [3.05, 3.63) is 30.3 Å². The highest BCUT2D eigenvalue weighted by Crippen LogP contribution is 2.35. The number of aliphatic carboxylic acids is 1. The Bertz CT molecular complexity index is 358. The second-order valence-electron chi connectivity index (χ2n) is 2.96. The molecule has 0 radical (unpaired) electrons. The van der Waals surface area contributed by atoms with E-state index in [0.717, 1.165) is 6.92 Å². The van der Waals surface area contributed by atoms with Crippen LogP contribution in [0.5, 0.6) is 0 Å². The van der Waals surface area contributed by atoms with Gasteiger partial charge in [-0.2, -0.15) is 0 Å². The highest BCUT2D eigenvalue weighted by atomic mass is 31.1. The SMILES string of the molecule is CC(O)(C(=O)O)[P+](=O)c1ccccc1. The number of carbonyl (C=O) groups is 1. The Labute approximate surface area is 82.0 Å². The number of carboxylic acids is 1. The second kappa shape index (κ2) is 3.86. The Balaban J connectivity index is 3.03. The monoisotopic (exact) mass is 213 g/mol. The van der Waals surface area contributed by atoms with Gasteiger partial charge >= 0.3 is 19.1 Å². The lowest BCUT2D eigenvalue weighted by molar-refractivity contribution is -0.148. The fraction of sp³-hybridized carbons (Fsp3) is 0.222. The van der Waals surface area contributed by atoms with Crippen LogP contribution in [-0.4, -0.2) is 21.5 Å². The van der Waals surface area contributed by atoms with Crippen LogP contribution in [0.1, 0.15) is 6.92 Å². The molecule has 0 saturated carbocycles. The molecule has 2 N–H and O–H groups in total. The summed E-state index contributed by atoms with van der Waals surface area (Å²) in [5.74, 6) is -1.48. The van der Waals surface area contributed by atoms with Gasteiger partial charge in [0.05, 0.1) is 0 Å². The summed E-state index contributed by atoms with van der Waals surface area (Å²) in [4.78, 5) is 10.6. The summed E-state index contributed by atoms with van der Waals surface area (Å²) < 4.78 is 11.6. The van der Waals surface area contributed by atoms with E-state index in [2.05, 4.69) is 0 Å². The third kappa shape index (κ3) is 1.97. The van der Waals surface area contributed by atoms with Crippen molar-refractivity contribution in [3.63, 3.8) is 0 Å². The number of hydrogen-bond donors (Lipinski definition) is 2. The van der Waals surface area contributed by atoms with Crippen LogP contribution < -0.4 is 5.30 Å². The van der Waals surface area contributed by atoms with Crippen molar-refractivity contribution >= 4 is 19.1 Å². The zero-order chi connectivity index (χ0) is 10.8. The van der Waals surface area contributed by atoms with Crippen molar-refractivity contribution in [2.24, 2.45) is 0 Å². The van der Waals surface area contributed by atoms with Gasteiger partial charge in [0.15, 0.2) is 5.30 Å². The number of hydrogen-bond acceptors (Lipinski definition) is 3. The minimum absolute atomic E-state index is 0.329. The Morgan fingerprint density at radius 1 is 1.36 bits per heavy atom. The first kappa shape index (κ1) is 10.8. The van der Waals surface area contributed by atoms with Gasteiger partial charge in [-0.05, 0) is 12.1 Å². The van der Waals surface area contributed by atoms with Crippen molar-refractivity contribution in [1.82, 2.24) is 0 Å². The average Bonchev–Trinajstić information content (AvgIpc) is 2.17. The molecule has 1 aromatic rings. The maximum absolute atomic E-state index is 11.6. The van der Waals surface area contributed by atoms with Crippen LogP contribution in [0.3, 0.4) is 0 Å². The predicted molar refractivity (Wildman–Crippen MR) is 51.9 cm³/mol. The second-order valence-corrected chi connectivity index (χ2v) is 4.93. The maximum Gasteiger partial charge on any atom is 0.423 e. The van der Waals surface area contributed by atoms with Crippen molar-refractivity contribution in [2.45, 2.75) is 12.3 Å². The molecule has 0 heterocycles. The Morgan fingerprint density at radius 3 is 2.29 bits per heavy atom. The van der Waals surface area contributed by atoms with E-state index in [1.165, 1.54) is 12.1 Å². The van der Waals surface area contributed by atoms with Gasteiger partial charge in [0.2, 0.25) is 0 Å². The molecule has 0 aliphatic heterocycles. The van der Waals surface area contributed by atoms with E-state index in [-0.39, 0.29) is 0 Å². The largest absolute Gasteiger partial charge is 0.476 e. The topological polar surface area (TPSA) is 74.6 Å². The molecule has 5 heteroatoms. The third-order valence-corrected chi connectivity index (χ3v) is 3.54. The molecule has 0 fully saturated rings. The van der Waals surface area contributed by atoms with Gasteiger partial charge in [0.1, 0.15) is 0 Å². The molecule has 0 aromatic heterocycles. The summed E-state index contributed by atoms with van der Waals surface area (Å²) in [5.41, 5.74) is 0. The molecular formula is C9H10O4P+.